The third kappa shape index (κ3) is 3.70. The Hall–Kier alpha value is -3.17. The summed E-state index contributed by atoms with van der Waals surface area (Å²) in [6, 6.07) is 4.81. The van der Waals surface area contributed by atoms with Crippen molar-refractivity contribution in [2.75, 3.05) is 11.9 Å². The molecule has 9 nitrogen and oxygen atoms in total. The highest BCUT2D eigenvalue weighted by Gasteiger charge is 2.42. The molecular weight excluding hydrogens is 399 g/mol. The predicted molar refractivity (Wildman–Crippen MR) is 112 cm³/mol. The van der Waals surface area contributed by atoms with Gasteiger partial charge in [-0.1, -0.05) is 18.9 Å². The molecule has 2 fully saturated rings. The predicted octanol–water partition coefficient (Wildman–Crippen LogP) is 2.79. The van der Waals surface area contributed by atoms with Gasteiger partial charge in [-0.15, -0.1) is 20.4 Å². The van der Waals surface area contributed by atoms with E-state index in [0.29, 0.717) is 34.5 Å². The van der Waals surface area contributed by atoms with E-state index in [-0.39, 0.29) is 17.7 Å². The second kappa shape index (κ2) is 7.82. The maximum Gasteiger partial charge on any atom is 0.205 e. The van der Waals surface area contributed by atoms with Gasteiger partial charge in [0, 0.05) is 12.6 Å². The number of aromatic nitrogens is 7. The molecule has 2 aromatic heterocycles. The maximum atomic E-state index is 15.1. The van der Waals surface area contributed by atoms with E-state index >= 15 is 4.39 Å². The number of fused-ring (bicyclic) bond motifs is 2. The number of phenols is 1. The number of anilines is 1. The number of aryl methyl sites for hydroxylation is 1. The molecule has 2 aliphatic carbocycles. The number of alkyl halides is 1. The summed E-state index contributed by atoms with van der Waals surface area (Å²) in [4.78, 5) is 7.61. The van der Waals surface area contributed by atoms with E-state index in [1.54, 1.807) is 31.4 Å². The van der Waals surface area contributed by atoms with E-state index in [0.717, 1.165) is 25.7 Å². The fraction of sp³-hybridized carbons (Fsp3) is 0.524. The van der Waals surface area contributed by atoms with Gasteiger partial charge in [-0.2, -0.15) is 4.80 Å². The summed E-state index contributed by atoms with van der Waals surface area (Å²) in [7, 11) is 3.54. The number of tetrazole rings is 1. The Morgan fingerprint density at radius 3 is 2.71 bits per heavy atom. The van der Waals surface area contributed by atoms with Crippen LogP contribution >= 0.6 is 0 Å². The van der Waals surface area contributed by atoms with E-state index in [4.69, 9.17) is 0 Å². The Balaban J connectivity index is 1.35. The van der Waals surface area contributed by atoms with Crippen molar-refractivity contribution >= 4 is 5.82 Å². The molecule has 0 amide bonds. The van der Waals surface area contributed by atoms with Crippen LogP contribution in [0.5, 0.6) is 5.75 Å². The lowest BCUT2D eigenvalue weighted by molar-refractivity contribution is 0.0656. The average molecular weight is 424 g/mol. The fourth-order valence-electron chi connectivity index (χ4n) is 4.98. The summed E-state index contributed by atoms with van der Waals surface area (Å²) in [5, 5.41) is 30.8. The van der Waals surface area contributed by atoms with Crippen LogP contribution in [0.3, 0.4) is 0 Å². The van der Waals surface area contributed by atoms with Gasteiger partial charge in [-0.25, -0.2) is 9.37 Å². The molecule has 162 valence electrons. The van der Waals surface area contributed by atoms with Gasteiger partial charge >= 0.3 is 0 Å². The normalized spacial score (nSPS) is 25.4. The molecule has 0 spiro atoms. The molecule has 0 radical (unpaired) electrons. The molecular formula is C21H25FN8O. The van der Waals surface area contributed by atoms with Crippen molar-refractivity contribution in [2.24, 2.45) is 18.9 Å². The van der Waals surface area contributed by atoms with Crippen LogP contribution in [0.15, 0.2) is 24.4 Å². The van der Waals surface area contributed by atoms with Crippen LogP contribution in [0.25, 0.3) is 22.8 Å². The summed E-state index contributed by atoms with van der Waals surface area (Å²) in [5.41, 5.74) is 1.08. The van der Waals surface area contributed by atoms with Crippen LogP contribution in [-0.2, 0) is 7.05 Å². The number of phenolic OH excluding ortho intramolecular Hbond substituents is 1. The highest BCUT2D eigenvalue weighted by molar-refractivity contribution is 5.69. The molecule has 0 aliphatic heterocycles. The molecule has 0 unspecified atom stereocenters. The Morgan fingerprint density at radius 1 is 1.13 bits per heavy atom. The summed E-state index contributed by atoms with van der Waals surface area (Å²) in [6.45, 7) is 0. The quantitative estimate of drug-likeness (QED) is 0.682. The van der Waals surface area contributed by atoms with Gasteiger partial charge in [0.2, 0.25) is 5.82 Å². The number of nitrogens with zero attached hydrogens (tertiary/aromatic N) is 8. The first kappa shape index (κ1) is 19.8. The SMILES string of the molecule is CN(c1cnc(-c2ccc(-c3nnn(C)n3)cc2O)nn1)[C@H]1C[C@@H]2CCC[C@@H](C2)[C@H]1F. The first-order chi connectivity index (χ1) is 15.0. The standard InChI is InChI=1S/C21H25FN8O/c1-29(16-9-12-4-3-5-13(8-12)19(16)22)18-11-23-21(25-24-18)15-7-6-14(10-17(15)31)20-26-28-30(2)27-20/h6-7,10-13,16,19,31H,3-5,8-9H2,1-2H3/t12-,13+,16+,19-/m1/s1. The summed E-state index contributed by atoms with van der Waals surface area (Å²) in [5.74, 6) is 1.99. The highest BCUT2D eigenvalue weighted by Crippen LogP contribution is 2.43. The summed E-state index contributed by atoms with van der Waals surface area (Å²) < 4.78 is 15.1. The second-order valence-corrected chi connectivity index (χ2v) is 8.63. The van der Waals surface area contributed by atoms with E-state index in [1.165, 1.54) is 11.2 Å². The minimum atomic E-state index is -0.852. The van der Waals surface area contributed by atoms with Crippen LogP contribution in [0, 0.1) is 11.8 Å². The smallest absolute Gasteiger partial charge is 0.205 e. The van der Waals surface area contributed by atoms with Crippen LogP contribution in [0.2, 0.25) is 0 Å². The third-order valence-electron chi connectivity index (χ3n) is 6.63. The minimum Gasteiger partial charge on any atom is -0.507 e. The minimum absolute atomic E-state index is 0.00298. The summed E-state index contributed by atoms with van der Waals surface area (Å²) in [6.07, 6.45) is 5.90. The van der Waals surface area contributed by atoms with Gasteiger partial charge < -0.3 is 10.0 Å². The maximum absolute atomic E-state index is 15.1. The number of aromatic hydroxyl groups is 1. The van der Waals surface area contributed by atoms with E-state index in [9.17, 15) is 5.11 Å². The van der Waals surface area contributed by atoms with Gasteiger partial charge in [-0.05, 0) is 48.4 Å². The van der Waals surface area contributed by atoms with Gasteiger partial charge in [-0.3, -0.25) is 0 Å². The van der Waals surface area contributed by atoms with E-state index < -0.39 is 6.17 Å². The number of rotatable bonds is 4. The number of benzene rings is 1. The first-order valence-electron chi connectivity index (χ1n) is 10.6. The van der Waals surface area contributed by atoms with Gasteiger partial charge in [0.15, 0.2) is 11.6 Å². The van der Waals surface area contributed by atoms with Crippen molar-refractivity contribution in [1.29, 1.82) is 0 Å². The number of hydrogen-bond donors (Lipinski definition) is 1. The number of halogens is 1. The second-order valence-electron chi connectivity index (χ2n) is 8.63. The highest BCUT2D eigenvalue weighted by atomic mass is 19.1. The Bertz CT molecular complexity index is 1070. The van der Waals surface area contributed by atoms with Crippen molar-refractivity contribution in [2.45, 2.75) is 44.3 Å². The lowest BCUT2D eigenvalue weighted by Crippen LogP contribution is -2.49. The summed E-state index contributed by atoms with van der Waals surface area (Å²) >= 11 is 0. The molecule has 10 heteroatoms. The average Bonchev–Trinajstić information content (AvgIpc) is 3.22. The lowest BCUT2D eigenvalue weighted by atomic mass is 9.69. The zero-order valence-electron chi connectivity index (χ0n) is 17.6. The molecule has 2 bridgehead atoms. The molecule has 2 saturated carbocycles. The van der Waals surface area contributed by atoms with E-state index in [2.05, 4.69) is 30.6 Å². The topological polar surface area (TPSA) is 106 Å². The van der Waals surface area contributed by atoms with Crippen LogP contribution < -0.4 is 4.90 Å². The molecule has 3 aromatic rings. The fourth-order valence-corrected chi connectivity index (χ4v) is 4.98. The first-order valence-corrected chi connectivity index (χ1v) is 10.6. The molecule has 1 aromatic carbocycles. The van der Waals surface area contributed by atoms with Crippen molar-refractivity contribution in [1.82, 2.24) is 35.4 Å². The molecule has 0 saturated heterocycles. The van der Waals surface area contributed by atoms with Crippen molar-refractivity contribution < 1.29 is 9.50 Å². The molecule has 31 heavy (non-hydrogen) atoms. The lowest BCUT2D eigenvalue weighted by Gasteiger charge is -2.45. The van der Waals surface area contributed by atoms with Crippen molar-refractivity contribution in [3.05, 3.63) is 24.4 Å². The van der Waals surface area contributed by atoms with Crippen molar-refractivity contribution in [3.8, 4) is 28.5 Å². The van der Waals surface area contributed by atoms with Crippen LogP contribution in [-0.4, -0.2) is 59.8 Å². The molecule has 2 heterocycles. The van der Waals surface area contributed by atoms with E-state index in [1.807, 2.05) is 11.9 Å². The Labute approximate surface area is 179 Å². The van der Waals surface area contributed by atoms with Gasteiger partial charge in [0.1, 0.15) is 11.9 Å². The van der Waals surface area contributed by atoms with Gasteiger partial charge in [0.25, 0.3) is 0 Å². The van der Waals surface area contributed by atoms with Crippen molar-refractivity contribution in [3.63, 3.8) is 0 Å². The molecule has 5 rings (SSSR count). The van der Waals surface area contributed by atoms with Crippen LogP contribution in [0.1, 0.15) is 32.1 Å². The molecule has 4 atom stereocenters. The number of hydrogen-bond acceptors (Lipinski definition) is 8. The third-order valence-corrected chi connectivity index (χ3v) is 6.63. The zero-order valence-corrected chi connectivity index (χ0v) is 17.6. The Kier molecular flexibility index (Phi) is 4.99. The monoisotopic (exact) mass is 424 g/mol. The molecule has 2 aliphatic rings. The van der Waals surface area contributed by atoms with Gasteiger partial charge in [0.05, 0.1) is 24.8 Å². The Morgan fingerprint density at radius 2 is 2.00 bits per heavy atom. The zero-order chi connectivity index (χ0) is 21.5. The van der Waals surface area contributed by atoms with Crippen LogP contribution in [0.4, 0.5) is 10.2 Å². The largest absolute Gasteiger partial charge is 0.507 e. The molecule has 1 N–H and O–H groups in total.